The summed E-state index contributed by atoms with van der Waals surface area (Å²) in [5.74, 6) is -0.763. The van der Waals surface area contributed by atoms with Crippen molar-refractivity contribution in [3.05, 3.63) is 59.7 Å². The van der Waals surface area contributed by atoms with Gasteiger partial charge in [0.2, 0.25) is 0 Å². The van der Waals surface area contributed by atoms with Crippen molar-refractivity contribution in [2.24, 2.45) is 0 Å². The molecule has 0 bridgehead atoms. The van der Waals surface area contributed by atoms with Crippen LogP contribution in [-0.2, 0) is 9.09 Å². The summed E-state index contributed by atoms with van der Waals surface area (Å²) in [4.78, 5) is 2.00. The van der Waals surface area contributed by atoms with Gasteiger partial charge in [-0.2, -0.15) is 0 Å². The molecule has 1 aliphatic carbocycles. The SMILES string of the molecule is CC(C)c1ccc([C@@H](O)[P@](=O)(OC2CCCCC2)c2ccc(N(C)C)cc2)cc1. The number of hydrogen-bond donors (Lipinski definition) is 1. The molecule has 0 radical (unpaired) electrons. The Hall–Kier alpha value is -1.61. The second-order valence-corrected chi connectivity index (χ2v) is 11.0. The van der Waals surface area contributed by atoms with Crippen molar-refractivity contribution < 1.29 is 14.2 Å². The summed E-state index contributed by atoms with van der Waals surface area (Å²) in [6.45, 7) is 4.27. The Morgan fingerprint density at radius 2 is 1.48 bits per heavy atom. The second kappa shape index (κ2) is 9.47. The Kier molecular flexibility index (Phi) is 7.21. The third-order valence-electron chi connectivity index (χ3n) is 5.81. The van der Waals surface area contributed by atoms with Crippen LogP contribution in [0, 0.1) is 0 Å². The van der Waals surface area contributed by atoms with Crippen LogP contribution in [0.5, 0.6) is 0 Å². The van der Waals surface area contributed by atoms with Gasteiger partial charge in [0.05, 0.1) is 6.10 Å². The molecule has 0 unspecified atom stereocenters. The Bertz CT molecular complexity index is 824. The van der Waals surface area contributed by atoms with Crippen molar-refractivity contribution in [3.8, 4) is 0 Å². The van der Waals surface area contributed by atoms with Gasteiger partial charge in [-0.3, -0.25) is 4.57 Å². The lowest BCUT2D eigenvalue weighted by molar-refractivity contribution is 0.137. The highest BCUT2D eigenvalue weighted by molar-refractivity contribution is 7.67. The van der Waals surface area contributed by atoms with Gasteiger partial charge in [0.1, 0.15) is 0 Å². The van der Waals surface area contributed by atoms with E-state index in [-0.39, 0.29) is 6.10 Å². The lowest BCUT2D eigenvalue weighted by Crippen LogP contribution is -2.22. The molecule has 0 amide bonds. The van der Waals surface area contributed by atoms with Crippen molar-refractivity contribution in [3.63, 3.8) is 0 Å². The van der Waals surface area contributed by atoms with Gasteiger partial charge in [-0.1, -0.05) is 57.4 Å². The first-order chi connectivity index (χ1) is 13.8. The fourth-order valence-electron chi connectivity index (χ4n) is 3.86. The number of aliphatic hydroxyl groups is 1. The lowest BCUT2D eigenvalue weighted by atomic mass is 9.98. The van der Waals surface area contributed by atoms with E-state index in [1.807, 2.05) is 67.5 Å². The molecule has 0 spiro atoms. The zero-order valence-corrected chi connectivity index (χ0v) is 18.9. The van der Waals surface area contributed by atoms with Crippen molar-refractivity contribution in [1.82, 2.24) is 0 Å². The quantitative estimate of drug-likeness (QED) is 0.579. The average molecular weight is 416 g/mol. The van der Waals surface area contributed by atoms with Crippen molar-refractivity contribution >= 4 is 18.4 Å². The molecule has 2 aromatic rings. The number of nitrogens with zero attached hydrogens (tertiary/aromatic N) is 1. The maximum Gasteiger partial charge on any atom is 0.264 e. The van der Waals surface area contributed by atoms with Gasteiger partial charge in [0, 0.05) is 25.1 Å². The maximum absolute atomic E-state index is 14.2. The zero-order chi connectivity index (χ0) is 21.0. The molecule has 29 heavy (non-hydrogen) atoms. The molecule has 158 valence electrons. The first-order valence-electron chi connectivity index (χ1n) is 10.7. The van der Waals surface area contributed by atoms with E-state index in [9.17, 15) is 9.67 Å². The predicted octanol–water partition coefficient (Wildman–Crippen LogP) is 5.82. The summed E-state index contributed by atoms with van der Waals surface area (Å²) in [6.07, 6.45) is 5.11. The highest BCUT2D eigenvalue weighted by Crippen LogP contribution is 2.59. The van der Waals surface area contributed by atoms with Gasteiger partial charge in [-0.15, -0.1) is 0 Å². The van der Waals surface area contributed by atoms with E-state index in [0.29, 0.717) is 16.8 Å². The minimum absolute atomic E-state index is 0.0623. The smallest absolute Gasteiger partial charge is 0.264 e. The Balaban J connectivity index is 1.95. The Morgan fingerprint density at radius 1 is 0.931 bits per heavy atom. The molecule has 3 rings (SSSR count). The minimum Gasteiger partial charge on any atom is -0.378 e. The van der Waals surface area contributed by atoms with Crippen molar-refractivity contribution in [1.29, 1.82) is 0 Å². The minimum atomic E-state index is -3.51. The summed E-state index contributed by atoms with van der Waals surface area (Å²) < 4.78 is 20.4. The summed E-state index contributed by atoms with van der Waals surface area (Å²) in [6, 6.07) is 15.3. The number of rotatable bonds is 7. The zero-order valence-electron chi connectivity index (χ0n) is 18.0. The maximum atomic E-state index is 14.2. The van der Waals surface area contributed by atoms with E-state index >= 15 is 0 Å². The van der Waals surface area contributed by atoms with Gasteiger partial charge in [-0.25, -0.2) is 0 Å². The molecule has 1 saturated carbocycles. The van der Waals surface area contributed by atoms with E-state index in [1.165, 1.54) is 12.0 Å². The Morgan fingerprint density at radius 3 is 2.00 bits per heavy atom. The lowest BCUT2D eigenvalue weighted by Gasteiger charge is -2.31. The molecule has 2 aromatic carbocycles. The normalized spacial score (nSPS) is 18.4. The molecule has 0 aliphatic heterocycles. The standard InChI is InChI=1S/C24H34NO3P/c1-18(2)19-10-12-20(13-11-19)24(26)29(27,28-22-8-6-5-7-9-22)23-16-14-21(15-17-23)25(3)4/h10-18,22,24,26H,5-9H2,1-4H3/t24-,29+/m0/s1. The summed E-state index contributed by atoms with van der Waals surface area (Å²) >= 11 is 0. The summed E-state index contributed by atoms with van der Waals surface area (Å²) in [5, 5.41) is 11.8. The molecule has 1 N–H and O–H groups in total. The number of hydrogen-bond acceptors (Lipinski definition) is 4. The summed E-state index contributed by atoms with van der Waals surface area (Å²) in [5.41, 5.74) is 2.86. The highest BCUT2D eigenvalue weighted by atomic mass is 31.2. The topological polar surface area (TPSA) is 49.8 Å². The first-order valence-corrected chi connectivity index (χ1v) is 12.3. The van der Waals surface area contributed by atoms with Crippen LogP contribution in [0.4, 0.5) is 5.69 Å². The average Bonchev–Trinajstić information content (AvgIpc) is 2.74. The van der Waals surface area contributed by atoms with Crippen LogP contribution in [0.3, 0.4) is 0 Å². The molecule has 0 heterocycles. The third kappa shape index (κ3) is 5.12. The van der Waals surface area contributed by atoms with E-state index in [0.717, 1.165) is 31.4 Å². The predicted molar refractivity (Wildman–Crippen MR) is 121 cm³/mol. The van der Waals surface area contributed by atoms with Crippen LogP contribution >= 0.6 is 7.37 Å². The third-order valence-corrected chi connectivity index (χ3v) is 8.38. The van der Waals surface area contributed by atoms with E-state index in [1.54, 1.807) is 0 Å². The molecule has 1 aliphatic rings. The molecule has 5 heteroatoms. The van der Waals surface area contributed by atoms with Gasteiger partial charge < -0.3 is 14.5 Å². The molecule has 0 aromatic heterocycles. The van der Waals surface area contributed by atoms with Gasteiger partial charge >= 0.3 is 0 Å². The Labute approximate surface area is 175 Å². The first kappa shape index (κ1) is 22.1. The number of anilines is 1. The van der Waals surface area contributed by atoms with Crippen molar-refractivity contribution in [2.45, 2.75) is 63.8 Å². The van der Waals surface area contributed by atoms with Crippen LogP contribution in [0.15, 0.2) is 48.5 Å². The van der Waals surface area contributed by atoms with Gasteiger partial charge in [0.15, 0.2) is 5.85 Å². The van der Waals surface area contributed by atoms with Gasteiger partial charge in [0.25, 0.3) is 7.37 Å². The van der Waals surface area contributed by atoms with Gasteiger partial charge in [-0.05, 0) is 54.2 Å². The molecule has 4 nitrogen and oxygen atoms in total. The molecule has 1 fully saturated rings. The monoisotopic (exact) mass is 415 g/mol. The molecule has 2 atom stereocenters. The van der Waals surface area contributed by atoms with E-state index in [4.69, 9.17) is 4.52 Å². The fraction of sp³-hybridized carbons (Fsp3) is 0.500. The molecular weight excluding hydrogens is 381 g/mol. The van der Waals surface area contributed by atoms with Crippen LogP contribution in [0.25, 0.3) is 0 Å². The van der Waals surface area contributed by atoms with Crippen LogP contribution in [-0.4, -0.2) is 25.3 Å². The molecule has 0 saturated heterocycles. The van der Waals surface area contributed by atoms with E-state index in [2.05, 4.69) is 13.8 Å². The van der Waals surface area contributed by atoms with Crippen LogP contribution < -0.4 is 10.2 Å². The van der Waals surface area contributed by atoms with Crippen LogP contribution in [0.2, 0.25) is 0 Å². The highest BCUT2D eigenvalue weighted by Gasteiger charge is 2.39. The van der Waals surface area contributed by atoms with Crippen LogP contribution in [0.1, 0.15) is 68.8 Å². The van der Waals surface area contributed by atoms with Crippen molar-refractivity contribution in [2.75, 3.05) is 19.0 Å². The van der Waals surface area contributed by atoms with E-state index < -0.39 is 13.2 Å². The largest absolute Gasteiger partial charge is 0.378 e. The number of benzene rings is 2. The molecular formula is C24H34NO3P. The number of aliphatic hydroxyl groups excluding tert-OH is 1. The second-order valence-electron chi connectivity index (χ2n) is 8.57. The fourth-order valence-corrected chi connectivity index (χ4v) is 6.16. The summed E-state index contributed by atoms with van der Waals surface area (Å²) in [7, 11) is 0.436.